The van der Waals surface area contributed by atoms with Crippen molar-refractivity contribution in [2.45, 2.75) is 32.2 Å². The normalized spacial score (nSPS) is 17.1. The van der Waals surface area contributed by atoms with E-state index in [1.807, 2.05) is 0 Å². The fraction of sp³-hybridized carbons (Fsp3) is 0.429. The predicted molar refractivity (Wildman–Crippen MR) is 98.6 cm³/mol. The summed E-state index contributed by atoms with van der Waals surface area (Å²) in [6.07, 6.45) is 3.83. The van der Waals surface area contributed by atoms with E-state index in [1.165, 1.54) is 36.0 Å². The topological polar surface area (TPSA) is 15.3 Å². The van der Waals surface area contributed by atoms with E-state index in [2.05, 4.69) is 71.7 Å². The van der Waals surface area contributed by atoms with E-state index in [-0.39, 0.29) is 0 Å². The van der Waals surface area contributed by atoms with Crippen molar-refractivity contribution in [1.82, 2.24) is 10.2 Å². The Kier molecular flexibility index (Phi) is 5.84. The Morgan fingerprint density at radius 1 is 0.913 bits per heavy atom. The Labute approximate surface area is 140 Å². The number of rotatable bonds is 6. The largest absolute Gasteiger partial charge is 0.314 e. The molecular weight excluding hydrogens is 280 g/mol. The van der Waals surface area contributed by atoms with Crippen LogP contribution in [0.25, 0.3) is 11.1 Å². The predicted octanol–water partition coefficient (Wildman–Crippen LogP) is 4.49. The Morgan fingerprint density at radius 3 is 2.22 bits per heavy atom. The van der Waals surface area contributed by atoms with Gasteiger partial charge >= 0.3 is 0 Å². The molecule has 1 aliphatic rings. The zero-order valence-corrected chi connectivity index (χ0v) is 14.2. The number of unbranched alkanes of at least 4 members (excludes halogenated alkanes) is 1. The first kappa shape index (κ1) is 16.2. The van der Waals surface area contributed by atoms with Crippen molar-refractivity contribution in [3.05, 3.63) is 60.2 Å². The number of nitrogens with one attached hydrogen (secondary N) is 1. The van der Waals surface area contributed by atoms with Gasteiger partial charge in [-0.05, 0) is 23.1 Å². The van der Waals surface area contributed by atoms with Gasteiger partial charge in [-0.15, -0.1) is 0 Å². The van der Waals surface area contributed by atoms with E-state index in [0.717, 1.165) is 26.2 Å². The van der Waals surface area contributed by atoms with E-state index >= 15 is 0 Å². The third-order valence-electron chi connectivity index (χ3n) is 4.83. The van der Waals surface area contributed by atoms with Crippen molar-refractivity contribution in [1.29, 1.82) is 0 Å². The first-order valence-corrected chi connectivity index (χ1v) is 8.98. The summed E-state index contributed by atoms with van der Waals surface area (Å²) >= 11 is 0. The van der Waals surface area contributed by atoms with Crippen molar-refractivity contribution in [3.8, 4) is 11.1 Å². The minimum atomic E-state index is 0.571. The molecule has 1 saturated heterocycles. The van der Waals surface area contributed by atoms with Crippen LogP contribution in [0.3, 0.4) is 0 Å². The summed E-state index contributed by atoms with van der Waals surface area (Å²) in [6.45, 7) is 6.84. The number of nitrogens with zero attached hydrogens (tertiary/aromatic N) is 1. The highest BCUT2D eigenvalue weighted by atomic mass is 15.2. The zero-order chi connectivity index (χ0) is 15.9. The fourth-order valence-electron chi connectivity index (χ4n) is 3.48. The molecule has 3 rings (SSSR count). The van der Waals surface area contributed by atoms with Crippen LogP contribution < -0.4 is 5.32 Å². The van der Waals surface area contributed by atoms with Crippen LogP contribution in [-0.4, -0.2) is 31.1 Å². The summed E-state index contributed by atoms with van der Waals surface area (Å²) in [6, 6.07) is 20.5. The first-order chi connectivity index (χ1) is 11.4. The summed E-state index contributed by atoms with van der Waals surface area (Å²) in [4.78, 5) is 2.66. The molecule has 1 aliphatic heterocycles. The molecule has 122 valence electrons. The molecule has 0 unspecified atom stereocenters. The lowest BCUT2D eigenvalue weighted by Crippen LogP contribution is -2.45. The average molecular weight is 308 g/mol. The molecule has 2 aromatic rings. The van der Waals surface area contributed by atoms with E-state index in [0.29, 0.717) is 6.04 Å². The van der Waals surface area contributed by atoms with Gasteiger partial charge in [-0.25, -0.2) is 0 Å². The van der Waals surface area contributed by atoms with Crippen LogP contribution in [0.5, 0.6) is 0 Å². The molecule has 2 nitrogen and oxygen atoms in total. The van der Waals surface area contributed by atoms with Crippen LogP contribution in [-0.2, 0) is 0 Å². The Hall–Kier alpha value is -1.64. The van der Waals surface area contributed by atoms with Gasteiger partial charge < -0.3 is 5.32 Å². The first-order valence-electron chi connectivity index (χ1n) is 8.98. The molecule has 1 atom stereocenters. The zero-order valence-electron chi connectivity index (χ0n) is 14.2. The van der Waals surface area contributed by atoms with E-state index < -0.39 is 0 Å². The minimum absolute atomic E-state index is 0.571. The molecular formula is C21H28N2. The fourth-order valence-corrected chi connectivity index (χ4v) is 3.48. The SMILES string of the molecule is CCCC[C@H](c1ccc(-c2ccccc2)cc1)N1CCNCC1. The van der Waals surface area contributed by atoms with Gasteiger partial charge in [0.1, 0.15) is 0 Å². The van der Waals surface area contributed by atoms with Crippen LogP contribution in [0.15, 0.2) is 54.6 Å². The molecule has 0 radical (unpaired) electrons. The Balaban J connectivity index is 1.78. The van der Waals surface area contributed by atoms with Crippen molar-refractivity contribution in [2.24, 2.45) is 0 Å². The molecule has 1 fully saturated rings. The second-order valence-corrected chi connectivity index (χ2v) is 6.43. The lowest BCUT2D eigenvalue weighted by atomic mass is 9.96. The van der Waals surface area contributed by atoms with E-state index in [4.69, 9.17) is 0 Å². The summed E-state index contributed by atoms with van der Waals surface area (Å²) in [5.41, 5.74) is 4.08. The van der Waals surface area contributed by atoms with Gasteiger partial charge in [-0.2, -0.15) is 0 Å². The molecule has 0 aliphatic carbocycles. The minimum Gasteiger partial charge on any atom is -0.314 e. The van der Waals surface area contributed by atoms with Gasteiger partial charge in [0.25, 0.3) is 0 Å². The molecule has 0 saturated carbocycles. The molecule has 23 heavy (non-hydrogen) atoms. The summed E-state index contributed by atoms with van der Waals surface area (Å²) in [5, 5.41) is 3.47. The van der Waals surface area contributed by atoms with Gasteiger partial charge in [-0.1, -0.05) is 74.4 Å². The van der Waals surface area contributed by atoms with Crippen LogP contribution in [0.2, 0.25) is 0 Å². The maximum absolute atomic E-state index is 3.47. The maximum Gasteiger partial charge on any atom is 0.0349 e. The summed E-state index contributed by atoms with van der Waals surface area (Å²) in [7, 11) is 0. The highest BCUT2D eigenvalue weighted by Gasteiger charge is 2.21. The number of hydrogen-bond acceptors (Lipinski definition) is 2. The molecule has 1 heterocycles. The number of hydrogen-bond donors (Lipinski definition) is 1. The van der Waals surface area contributed by atoms with Gasteiger partial charge in [-0.3, -0.25) is 4.90 Å². The van der Waals surface area contributed by atoms with Gasteiger partial charge in [0.2, 0.25) is 0 Å². The number of benzene rings is 2. The average Bonchev–Trinajstić information content (AvgIpc) is 2.64. The highest BCUT2D eigenvalue weighted by Crippen LogP contribution is 2.29. The third-order valence-corrected chi connectivity index (χ3v) is 4.83. The van der Waals surface area contributed by atoms with Crippen LogP contribution in [0, 0.1) is 0 Å². The quantitative estimate of drug-likeness (QED) is 0.846. The molecule has 0 bridgehead atoms. The van der Waals surface area contributed by atoms with E-state index in [1.54, 1.807) is 0 Å². The second kappa shape index (κ2) is 8.28. The van der Waals surface area contributed by atoms with Gasteiger partial charge in [0.05, 0.1) is 0 Å². The molecule has 2 heteroatoms. The Morgan fingerprint density at radius 2 is 1.57 bits per heavy atom. The highest BCUT2D eigenvalue weighted by molar-refractivity contribution is 5.63. The van der Waals surface area contributed by atoms with Gasteiger partial charge in [0, 0.05) is 32.2 Å². The molecule has 0 spiro atoms. The van der Waals surface area contributed by atoms with Crippen LogP contribution in [0.1, 0.15) is 37.8 Å². The standard InChI is InChI=1S/C21H28N2/c1-2-3-9-21(23-16-14-22-15-17-23)20-12-10-19(11-13-20)18-7-5-4-6-8-18/h4-8,10-13,21-22H,2-3,9,14-17H2,1H3/t21-/m1/s1. The lowest BCUT2D eigenvalue weighted by Gasteiger charge is -2.35. The van der Waals surface area contributed by atoms with Crippen molar-refractivity contribution in [3.63, 3.8) is 0 Å². The monoisotopic (exact) mass is 308 g/mol. The van der Waals surface area contributed by atoms with Crippen LogP contribution in [0.4, 0.5) is 0 Å². The maximum atomic E-state index is 3.47. The lowest BCUT2D eigenvalue weighted by molar-refractivity contribution is 0.163. The molecule has 2 aromatic carbocycles. The van der Waals surface area contributed by atoms with Crippen LogP contribution >= 0.6 is 0 Å². The van der Waals surface area contributed by atoms with Crippen molar-refractivity contribution < 1.29 is 0 Å². The molecule has 0 aromatic heterocycles. The van der Waals surface area contributed by atoms with Crippen molar-refractivity contribution in [2.75, 3.05) is 26.2 Å². The smallest absolute Gasteiger partial charge is 0.0349 e. The van der Waals surface area contributed by atoms with E-state index in [9.17, 15) is 0 Å². The summed E-state index contributed by atoms with van der Waals surface area (Å²) in [5.74, 6) is 0. The molecule has 1 N–H and O–H groups in total. The van der Waals surface area contributed by atoms with Crippen molar-refractivity contribution >= 4 is 0 Å². The third kappa shape index (κ3) is 4.21. The number of piperazine rings is 1. The molecule has 0 amide bonds. The second-order valence-electron chi connectivity index (χ2n) is 6.43. The van der Waals surface area contributed by atoms with Gasteiger partial charge in [0.15, 0.2) is 0 Å². The summed E-state index contributed by atoms with van der Waals surface area (Å²) < 4.78 is 0. The Bertz CT molecular complexity index is 571.